The van der Waals surface area contributed by atoms with Crippen LogP contribution in [-0.2, 0) is 10.0 Å². The number of aromatic nitrogens is 2. The molecule has 37 heavy (non-hydrogen) atoms. The molecule has 0 radical (unpaired) electrons. The average molecular weight is 524 g/mol. The summed E-state index contributed by atoms with van der Waals surface area (Å²) in [5.41, 5.74) is 3.66. The van der Waals surface area contributed by atoms with Crippen LogP contribution in [0.5, 0.6) is 0 Å². The third-order valence-electron chi connectivity index (χ3n) is 6.14. The highest BCUT2D eigenvalue weighted by Crippen LogP contribution is 2.26. The van der Waals surface area contributed by atoms with E-state index in [-0.39, 0.29) is 4.90 Å². The molecular weight excluding hydrogens is 486 g/mol. The van der Waals surface area contributed by atoms with Crippen molar-refractivity contribution in [3.63, 3.8) is 0 Å². The van der Waals surface area contributed by atoms with Gasteiger partial charge in [-0.15, -0.1) is 0 Å². The monoisotopic (exact) mass is 523 g/mol. The second kappa shape index (κ2) is 10.6. The molecule has 0 spiro atoms. The Balaban J connectivity index is 1.49. The summed E-state index contributed by atoms with van der Waals surface area (Å²) in [7, 11) is -1.53. The minimum absolute atomic E-state index is 0.234. The van der Waals surface area contributed by atoms with E-state index in [0.717, 1.165) is 37.4 Å². The lowest BCUT2D eigenvalue weighted by molar-refractivity contribution is 0.313. The molecule has 0 aliphatic carbocycles. The molecule has 10 heteroatoms. The number of nitrogens with zero attached hydrogens (tertiary/aromatic N) is 4. The van der Waals surface area contributed by atoms with E-state index in [1.165, 1.54) is 5.69 Å². The largest absolute Gasteiger partial charge is 0.369 e. The topological polar surface area (TPSA) is 102 Å². The first-order valence-corrected chi connectivity index (χ1v) is 13.9. The van der Waals surface area contributed by atoms with Crippen molar-refractivity contribution in [3.8, 4) is 0 Å². The van der Waals surface area contributed by atoms with Gasteiger partial charge in [-0.25, -0.2) is 18.1 Å². The summed E-state index contributed by atoms with van der Waals surface area (Å²) in [6.45, 7) is 13.3. The van der Waals surface area contributed by atoms with E-state index in [9.17, 15) is 8.42 Å². The lowest BCUT2D eigenvalue weighted by Crippen LogP contribution is -2.44. The summed E-state index contributed by atoms with van der Waals surface area (Å²) < 4.78 is 28.6. The van der Waals surface area contributed by atoms with E-state index in [2.05, 4.69) is 54.3 Å². The summed E-state index contributed by atoms with van der Waals surface area (Å²) in [5.74, 6) is 1.05. The summed E-state index contributed by atoms with van der Waals surface area (Å²) >= 11 is 0. The quantitative estimate of drug-likeness (QED) is 0.419. The van der Waals surface area contributed by atoms with Gasteiger partial charge in [0.15, 0.2) is 0 Å². The molecule has 1 aliphatic heterocycles. The van der Waals surface area contributed by atoms with Crippen LogP contribution in [0.4, 0.5) is 28.8 Å². The van der Waals surface area contributed by atoms with E-state index in [1.807, 2.05) is 45.9 Å². The van der Waals surface area contributed by atoms with E-state index in [1.54, 1.807) is 25.3 Å². The molecule has 1 saturated heterocycles. The number of aryl methyl sites for hydroxylation is 2. The summed E-state index contributed by atoms with van der Waals surface area (Å²) in [6, 6.07) is 13.6. The molecule has 0 bridgehead atoms. The molecule has 198 valence electrons. The van der Waals surface area contributed by atoms with Gasteiger partial charge in [0.1, 0.15) is 5.82 Å². The van der Waals surface area contributed by atoms with Gasteiger partial charge in [-0.05, 0) is 83.6 Å². The summed E-state index contributed by atoms with van der Waals surface area (Å²) in [6.07, 6.45) is 1.74. The lowest BCUT2D eigenvalue weighted by atomic mass is 10.1. The summed E-state index contributed by atoms with van der Waals surface area (Å²) in [4.78, 5) is 14.0. The normalized spacial score (nSPS) is 15.0. The Hall–Kier alpha value is -3.21. The van der Waals surface area contributed by atoms with Crippen molar-refractivity contribution in [1.82, 2.24) is 19.6 Å². The number of hydrogen-bond acceptors (Lipinski definition) is 8. The molecule has 0 amide bonds. The number of anilines is 5. The predicted octanol–water partition coefficient (Wildman–Crippen LogP) is 4.41. The van der Waals surface area contributed by atoms with Crippen molar-refractivity contribution in [2.75, 3.05) is 48.8 Å². The highest BCUT2D eigenvalue weighted by atomic mass is 32.2. The zero-order valence-electron chi connectivity index (χ0n) is 22.5. The molecule has 0 saturated carbocycles. The SMILES string of the molecule is Cc1ccc(Nc2nc(Nc3ccc(N4CCN(C)CC4)cc3)ncc2C)cc1S(=O)(=O)NC(C)(C)C. The van der Waals surface area contributed by atoms with E-state index >= 15 is 0 Å². The van der Waals surface area contributed by atoms with Crippen molar-refractivity contribution < 1.29 is 8.42 Å². The average Bonchev–Trinajstić information content (AvgIpc) is 2.82. The number of piperazine rings is 1. The van der Waals surface area contributed by atoms with Crippen LogP contribution < -0.4 is 20.3 Å². The summed E-state index contributed by atoms with van der Waals surface area (Å²) in [5, 5.41) is 6.53. The maximum absolute atomic E-state index is 13.0. The standard InChI is InChI=1S/C27H37N7O2S/c1-19-7-8-22(17-24(19)37(35,36)32-27(3,4)5)29-25-20(2)18-28-26(31-25)30-21-9-11-23(12-10-21)34-15-13-33(6)14-16-34/h7-12,17-18,32H,13-16H2,1-6H3,(H2,28,29,30,31). The third kappa shape index (κ3) is 6.97. The van der Waals surface area contributed by atoms with Crippen LogP contribution >= 0.6 is 0 Å². The van der Waals surface area contributed by atoms with Crippen LogP contribution in [0, 0.1) is 13.8 Å². The minimum Gasteiger partial charge on any atom is -0.369 e. The molecular formula is C27H37N7O2S. The predicted molar refractivity (Wildman–Crippen MR) is 151 cm³/mol. The molecule has 1 aliphatic rings. The first-order chi connectivity index (χ1) is 17.4. The molecule has 9 nitrogen and oxygen atoms in total. The number of rotatable bonds is 7. The number of nitrogens with one attached hydrogen (secondary N) is 3. The second-order valence-corrected chi connectivity index (χ2v) is 12.3. The third-order valence-corrected chi connectivity index (χ3v) is 8.04. The van der Waals surface area contributed by atoms with Crippen LogP contribution in [0.2, 0.25) is 0 Å². The number of hydrogen-bond donors (Lipinski definition) is 3. The van der Waals surface area contributed by atoms with Crippen molar-refractivity contribution in [1.29, 1.82) is 0 Å². The first-order valence-electron chi connectivity index (χ1n) is 12.5. The Morgan fingerprint density at radius 3 is 2.16 bits per heavy atom. The Morgan fingerprint density at radius 2 is 1.51 bits per heavy atom. The molecule has 2 heterocycles. The molecule has 4 rings (SSSR count). The molecule has 3 aromatic rings. The smallest absolute Gasteiger partial charge is 0.241 e. The second-order valence-electron chi connectivity index (χ2n) is 10.6. The molecule has 0 atom stereocenters. The molecule has 3 N–H and O–H groups in total. The van der Waals surface area contributed by atoms with Gasteiger partial charge < -0.3 is 20.4 Å². The van der Waals surface area contributed by atoms with Gasteiger partial charge in [-0.1, -0.05) is 6.07 Å². The van der Waals surface area contributed by atoms with E-state index < -0.39 is 15.6 Å². The van der Waals surface area contributed by atoms with Crippen LogP contribution in [0.25, 0.3) is 0 Å². The number of sulfonamides is 1. The van der Waals surface area contributed by atoms with Gasteiger partial charge in [0.2, 0.25) is 16.0 Å². The van der Waals surface area contributed by atoms with Crippen molar-refractivity contribution in [3.05, 3.63) is 59.8 Å². The van der Waals surface area contributed by atoms with E-state index in [4.69, 9.17) is 0 Å². The van der Waals surface area contributed by atoms with Crippen molar-refractivity contribution in [2.24, 2.45) is 0 Å². The van der Waals surface area contributed by atoms with Crippen LogP contribution in [0.15, 0.2) is 53.6 Å². The van der Waals surface area contributed by atoms with Gasteiger partial charge >= 0.3 is 0 Å². The Kier molecular flexibility index (Phi) is 7.72. The number of likely N-dealkylation sites (N-methyl/N-ethyl adjacent to an activating group) is 1. The Bertz CT molecular complexity index is 1340. The number of benzene rings is 2. The molecule has 2 aromatic carbocycles. The van der Waals surface area contributed by atoms with Gasteiger partial charge in [0, 0.05) is 60.5 Å². The van der Waals surface area contributed by atoms with E-state index in [0.29, 0.717) is 23.0 Å². The molecule has 1 aromatic heterocycles. The zero-order valence-corrected chi connectivity index (χ0v) is 23.3. The fourth-order valence-corrected chi connectivity index (χ4v) is 5.83. The van der Waals surface area contributed by atoms with Crippen LogP contribution in [-0.4, -0.2) is 62.1 Å². The Labute approximate surface area is 220 Å². The lowest BCUT2D eigenvalue weighted by Gasteiger charge is -2.34. The van der Waals surface area contributed by atoms with Crippen LogP contribution in [0.3, 0.4) is 0 Å². The fourth-order valence-electron chi connectivity index (χ4n) is 4.14. The first kappa shape index (κ1) is 26.8. The maximum atomic E-state index is 13.0. The highest BCUT2D eigenvalue weighted by Gasteiger charge is 2.24. The zero-order chi connectivity index (χ0) is 26.8. The molecule has 0 unspecified atom stereocenters. The minimum atomic E-state index is -3.68. The van der Waals surface area contributed by atoms with Gasteiger partial charge in [-0.3, -0.25) is 0 Å². The maximum Gasteiger partial charge on any atom is 0.241 e. The van der Waals surface area contributed by atoms with Gasteiger partial charge in [0.25, 0.3) is 0 Å². The van der Waals surface area contributed by atoms with Crippen LogP contribution in [0.1, 0.15) is 31.9 Å². The van der Waals surface area contributed by atoms with Gasteiger partial charge in [0.05, 0.1) is 4.90 Å². The van der Waals surface area contributed by atoms with Gasteiger partial charge in [-0.2, -0.15) is 4.98 Å². The van der Waals surface area contributed by atoms with Crippen molar-refractivity contribution in [2.45, 2.75) is 45.1 Å². The fraction of sp³-hybridized carbons (Fsp3) is 0.407. The molecule has 1 fully saturated rings. The highest BCUT2D eigenvalue weighted by molar-refractivity contribution is 7.89. The van der Waals surface area contributed by atoms with Crippen molar-refractivity contribution >= 4 is 38.9 Å². The Morgan fingerprint density at radius 1 is 0.865 bits per heavy atom.